The van der Waals surface area contributed by atoms with Gasteiger partial charge in [0.05, 0.1) is 12.1 Å². The molecule has 2 unspecified atom stereocenters. The molecule has 0 saturated carbocycles. The first-order valence-corrected chi connectivity index (χ1v) is 6.93. The van der Waals surface area contributed by atoms with Gasteiger partial charge in [-0.1, -0.05) is 19.0 Å². The Morgan fingerprint density at radius 2 is 2.05 bits per heavy atom. The highest BCUT2D eigenvalue weighted by atomic mass is 16.5. The molecule has 19 heavy (non-hydrogen) atoms. The van der Waals surface area contributed by atoms with Crippen LogP contribution in [0, 0.1) is 0 Å². The summed E-state index contributed by atoms with van der Waals surface area (Å²) >= 11 is 0. The van der Waals surface area contributed by atoms with Crippen LogP contribution in [0.4, 0.5) is 0 Å². The molecule has 0 aliphatic heterocycles. The number of rotatable bonds is 9. The monoisotopic (exact) mass is 270 g/mol. The Morgan fingerprint density at radius 1 is 1.37 bits per heavy atom. The van der Waals surface area contributed by atoms with E-state index in [2.05, 4.69) is 28.9 Å². The van der Waals surface area contributed by atoms with Crippen molar-refractivity contribution in [2.45, 2.75) is 45.8 Å². The highest BCUT2D eigenvalue weighted by Gasteiger charge is 2.16. The van der Waals surface area contributed by atoms with Crippen molar-refractivity contribution in [3.05, 3.63) is 11.7 Å². The maximum atomic E-state index is 6.09. The predicted molar refractivity (Wildman–Crippen MR) is 73.8 cm³/mol. The largest absolute Gasteiger partial charge is 0.382 e. The summed E-state index contributed by atoms with van der Waals surface area (Å²) in [5.74, 6) is 1.22. The van der Waals surface area contributed by atoms with Crippen LogP contribution in [-0.2, 0) is 11.2 Å². The van der Waals surface area contributed by atoms with E-state index in [4.69, 9.17) is 15.0 Å². The van der Waals surface area contributed by atoms with Gasteiger partial charge in [-0.15, -0.1) is 0 Å². The molecule has 2 atom stereocenters. The highest BCUT2D eigenvalue weighted by molar-refractivity contribution is 4.94. The number of ether oxygens (including phenoxy) is 1. The summed E-state index contributed by atoms with van der Waals surface area (Å²) < 4.78 is 10.4. The minimum atomic E-state index is -0.197. The lowest BCUT2D eigenvalue weighted by Gasteiger charge is -2.20. The molecule has 0 aliphatic carbocycles. The molecule has 0 bridgehead atoms. The topological polar surface area (TPSA) is 77.4 Å². The fraction of sp³-hybridized carbons (Fsp3) is 0.846. The molecule has 2 N–H and O–H groups in total. The fourth-order valence-corrected chi connectivity index (χ4v) is 1.81. The minimum Gasteiger partial charge on any atom is -0.382 e. The minimum absolute atomic E-state index is 0.194. The fourth-order valence-electron chi connectivity index (χ4n) is 1.81. The van der Waals surface area contributed by atoms with Crippen LogP contribution in [0.5, 0.6) is 0 Å². The van der Waals surface area contributed by atoms with Gasteiger partial charge in [0.25, 0.3) is 0 Å². The van der Waals surface area contributed by atoms with Gasteiger partial charge in [0, 0.05) is 20.1 Å². The van der Waals surface area contributed by atoms with Crippen LogP contribution in [0.1, 0.15) is 44.9 Å². The molecule has 0 saturated heterocycles. The number of hydrogen-bond donors (Lipinski definition) is 1. The Morgan fingerprint density at radius 3 is 2.63 bits per heavy atom. The summed E-state index contributed by atoms with van der Waals surface area (Å²) in [5, 5.41) is 3.96. The van der Waals surface area contributed by atoms with Crippen LogP contribution in [0.25, 0.3) is 0 Å². The summed E-state index contributed by atoms with van der Waals surface area (Å²) in [6.07, 6.45) is 1.78. The van der Waals surface area contributed by atoms with Crippen LogP contribution in [-0.4, -0.2) is 47.9 Å². The first-order valence-electron chi connectivity index (χ1n) is 6.93. The summed E-state index contributed by atoms with van der Waals surface area (Å²) in [6, 6.07) is -0.197. The van der Waals surface area contributed by atoms with Crippen molar-refractivity contribution in [1.29, 1.82) is 0 Å². The van der Waals surface area contributed by atoms with Crippen molar-refractivity contribution in [3.63, 3.8) is 0 Å². The van der Waals surface area contributed by atoms with Gasteiger partial charge in [-0.2, -0.15) is 4.98 Å². The lowest BCUT2D eigenvalue weighted by atomic mass is 10.2. The molecule has 6 heteroatoms. The smallest absolute Gasteiger partial charge is 0.226 e. The van der Waals surface area contributed by atoms with E-state index in [1.807, 2.05) is 6.92 Å². The average molecular weight is 270 g/mol. The second-order valence-corrected chi connectivity index (χ2v) is 4.72. The van der Waals surface area contributed by atoms with Crippen molar-refractivity contribution in [2.75, 3.05) is 26.7 Å². The molecule has 0 spiro atoms. The Kier molecular flexibility index (Phi) is 6.97. The van der Waals surface area contributed by atoms with Gasteiger partial charge in [0.15, 0.2) is 5.82 Å². The van der Waals surface area contributed by atoms with Crippen LogP contribution in [0.2, 0.25) is 0 Å². The lowest BCUT2D eigenvalue weighted by molar-refractivity contribution is 0.109. The quantitative estimate of drug-likeness (QED) is 0.730. The zero-order valence-corrected chi connectivity index (χ0v) is 12.4. The van der Waals surface area contributed by atoms with E-state index in [9.17, 15) is 0 Å². The zero-order valence-electron chi connectivity index (χ0n) is 12.4. The number of aryl methyl sites for hydroxylation is 1. The third-order valence-electron chi connectivity index (χ3n) is 3.33. The van der Waals surface area contributed by atoms with Gasteiger partial charge in [-0.05, 0) is 26.4 Å². The number of hydrogen-bond acceptors (Lipinski definition) is 6. The van der Waals surface area contributed by atoms with Gasteiger partial charge in [-0.25, -0.2) is 0 Å². The Hall–Kier alpha value is -0.980. The van der Waals surface area contributed by atoms with Crippen molar-refractivity contribution in [3.8, 4) is 0 Å². The van der Waals surface area contributed by atoms with E-state index in [1.54, 1.807) is 7.11 Å². The average Bonchev–Trinajstić information content (AvgIpc) is 2.90. The number of nitrogens with two attached hydrogens (primary N) is 1. The van der Waals surface area contributed by atoms with Crippen LogP contribution in [0.3, 0.4) is 0 Å². The van der Waals surface area contributed by atoms with Crippen LogP contribution >= 0.6 is 0 Å². The van der Waals surface area contributed by atoms with Crippen molar-refractivity contribution in [1.82, 2.24) is 15.0 Å². The van der Waals surface area contributed by atoms with E-state index in [0.29, 0.717) is 11.7 Å². The van der Waals surface area contributed by atoms with Gasteiger partial charge in [0.2, 0.25) is 5.89 Å². The van der Waals surface area contributed by atoms with E-state index in [0.717, 1.165) is 32.5 Å². The molecule has 0 aromatic carbocycles. The van der Waals surface area contributed by atoms with Crippen molar-refractivity contribution < 1.29 is 9.26 Å². The number of aromatic nitrogens is 2. The summed E-state index contributed by atoms with van der Waals surface area (Å²) in [4.78, 5) is 6.60. The lowest BCUT2D eigenvalue weighted by Crippen LogP contribution is -2.32. The second kappa shape index (κ2) is 8.24. The third kappa shape index (κ3) is 5.26. The van der Waals surface area contributed by atoms with Crippen molar-refractivity contribution >= 4 is 0 Å². The van der Waals surface area contributed by atoms with E-state index in [-0.39, 0.29) is 12.1 Å². The molecule has 1 rings (SSSR count). The zero-order chi connectivity index (χ0) is 14.3. The summed E-state index contributed by atoms with van der Waals surface area (Å²) in [7, 11) is 1.70. The van der Waals surface area contributed by atoms with Gasteiger partial charge in [-0.3, -0.25) is 0 Å². The third-order valence-corrected chi connectivity index (χ3v) is 3.33. The molecule has 6 nitrogen and oxygen atoms in total. The predicted octanol–water partition coefficient (Wildman–Crippen LogP) is 1.38. The van der Waals surface area contributed by atoms with Gasteiger partial charge < -0.3 is 19.9 Å². The summed E-state index contributed by atoms with van der Waals surface area (Å²) in [5.41, 5.74) is 6.09. The van der Waals surface area contributed by atoms with Crippen molar-refractivity contribution in [2.24, 2.45) is 5.73 Å². The molecule has 0 radical (unpaired) electrons. The maximum Gasteiger partial charge on any atom is 0.226 e. The molecule has 1 aromatic heterocycles. The number of likely N-dealkylation sites (N-methyl/N-ethyl adjacent to an activating group) is 1. The Bertz CT molecular complexity index is 352. The highest BCUT2D eigenvalue weighted by Crippen LogP contribution is 2.10. The van der Waals surface area contributed by atoms with E-state index < -0.39 is 0 Å². The second-order valence-electron chi connectivity index (χ2n) is 4.72. The molecule has 1 heterocycles. The molecule has 0 aliphatic rings. The first kappa shape index (κ1) is 16.1. The van der Waals surface area contributed by atoms with E-state index >= 15 is 0 Å². The normalized spacial score (nSPS) is 14.8. The maximum absolute atomic E-state index is 6.09. The summed E-state index contributed by atoms with van der Waals surface area (Å²) in [6.45, 7) is 8.94. The van der Waals surface area contributed by atoms with Crippen LogP contribution < -0.4 is 5.73 Å². The van der Waals surface area contributed by atoms with Gasteiger partial charge in [0.1, 0.15) is 0 Å². The Labute approximate surface area is 115 Å². The van der Waals surface area contributed by atoms with E-state index in [1.165, 1.54) is 0 Å². The SMILES string of the molecule is CCN(CC)CC(N)c1noc(CCC(C)OC)n1. The molecule has 1 aromatic rings. The molecular formula is C13H26N4O2. The van der Waals surface area contributed by atoms with Crippen LogP contribution in [0.15, 0.2) is 4.52 Å². The molecule has 0 fully saturated rings. The molecular weight excluding hydrogens is 244 g/mol. The Balaban J connectivity index is 2.49. The molecule has 110 valence electrons. The van der Waals surface area contributed by atoms with Gasteiger partial charge >= 0.3 is 0 Å². The molecule has 0 amide bonds. The standard InChI is InChI=1S/C13H26N4O2/c1-5-17(6-2)9-11(14)13-15-12(19-16-13)8-7-10(3)18-4/h10-11H,5-9,14H2,1-4H3. The number of nitrogens with zero attached hydrogens (tertiary/aromatic N) is 3. The first-order chi connectivity index (χ1) is 9.10. The number of methoxy groups -OCH3 is 1.